The first-order valence-corrected chi connectivity index (χ1v) is 9.58. The number of nitrogens with zero attached hydrogens (tertiary/aromatic N) is 1. The van der Waals surface area contributed by atoms with Crippen LogP contribution in [0.1, 0.15) is 43.0 Å². The minimum absolute atomic E-state index is 0.163. The monoisotopic (exact) mass is 458 g/mol. The van der Waals surface area contributed by atoms with E-state index in [-0.39, 0.29) is 31.0 Å². The normalized spacial score (nSPS) is 17.0. The lowest BCUT2D eigenvalue weighted by atomic mass is 10.00. The van der Waals surface area contributed by atoms with Gasteiger partial charge >= 0.3 is 5.97 Å². The fourth-order valence-electron chi connectivity index (χ4n) is 2.92. The third-order valence-corrected chi connectivity index (χ3v) is 5.23. The first-order chi connectivity index (χ1) is 12.0. The van der Waals surface area contributed by atoms with E-state index >= 15 is 0 Å². The molecular weight excluding hydrogens is 435 g/mol. The van der Waals surface area contributed by atoms with Crippen molar-refractivity contribution in [2.24, 2.45) is 0 Å². The first-order valence-electron chi connectivity index (χ1n) is 8.50. The summed E-state index contributed by atoms with van der Waals surface area (Å²) in [5.74, 6) is -1.11. The van der Waals surface area contributed by atoms with Gasteiger partial charge in [0.15, 0.2) is 6.61 Å². The maximum atomic E-state index is 12.2. The predicted molar refractivity (Wildman–Crippen MR) is 102 cm³/mol. The van der Waals surface area contributed by atoms with Crippen molar-refractivity contribution in [2.75, 3.05) is 19.7 Å². The molecule has 7 heteroatoms. The van der Waals surface area contributed by atoms with E-state index in [2.05, 4.69) is 34.8 Å². The van der Waals surface area contributed by atoms with Crippen LogP contribution in [0, 0.1) is 3.57 Å². The van der Waals surface area contributed by atoms with Crippen LogP contribution in [0.15, 0.2) is 24.3 Å². The van der Waals surface area contributed by atoms with Crippen LogP contribution >= 0.6 is 22.6 Å². The maximum Gasteiger partial charge on any atom is 0.325 e. The number of hydrogen-bond acceptors (Lipinski definition) is 4. The third-order valence-electron chi connectivity index (χ3n) is 4.29. The number of ether oxygens (including phenoxy) is 1. The number of halogens is 1. The molecule has 0 radical (unpaired) electrons. The van der Waals surface area contributed by atoms with Gasteiger partial charge in [0.1, 0.15) is 6.54 Å². The molecular formula is C18H23IN2O4. The third kappa shape index (κ3) is 5.69. The largest absolute Gasteiger partial charge is 0.454 e. The van der Waals surface area contributed by atoms with Crippen LogP contribution < -0.4 is 5.32 Å². The summed E-state index contributed by atoms with van der Waals surface area (Å²) in [7, 11) is 0. The molecule has 1 saturated heterocycles. The van der Waals surface area contributed by atoms with Crippen LogP contribution in [0.4, 0.5) is 0 Å². The number of piperidine rings is 1. The van der Waals surface area contributed by atoms with Gasteiger partial charge in [-0.25, -0.2) is 0 Å². The molecule has 1 aliphatic rings. The molecule has 1 fully saturated rings. The van der Waals surface area contributed by atoms with Crippen molar-refractivity contribution in [3.05, 3.63) is 33.4 Å². The Morgan fingerprint density at radius 3 is 2.76 bits per heavy atom. The molecule has 0 bridgehead atoms. The molecule has 1 aromatic carbocycles. The van der Waals surface area contributed by atoms with E-state index in [0.717, 1.165) is 35.8 Å². The summed E-state index contributed by atoms with van der Waals surface area (Å²) in [5, 5.41) is 2.52. The Kier molecular flexibility index (Phi) is 7.67. The molecule has 0 aliphatic carbocycles. The summed E-state index contributed by atoms with van der Waals surface area (Å²) < 4.78 is 5.82. The Morgan fingerprint density at radius 2 is 2.04 bits per heavy atom. The Balaban J connectivity index is 1.76. The van der Waals surface area contributed by atoms with E-state index in [1.54, 1.807) is 12.1 Å². The number of carbonyl (C=O) groups is 3. The lowest BCUT2D eigenvalue weighted by Crippen LogP contribution is -2.45. The van der Waals surface area contributed by atoms with Crippen LogP contribution in [0.2, 0.25) is 0 Å². The zero-order valence-corrected chi connectivity index (χ0v) is 16.5. The second-order valence-electron chi connectivity index (χ2n) is 5.97. The van der Waals surface area contributed by atoms with E-state index in [9.17, 15) is 14.4 Å². The van der Waals surface area contributed by atoms with Gasteiger partial charge in [0.2, 0.25) is 0 Å². The fraction of sp³-hybridized carbons (Fsp3) is 0.500. The standard InChI is InChI=1S/C18H23IN2O4/c1-2-13-7-5-6-10-21(13)16(22)12-25-17(23)11-20-18(24)14-8-3-4-9-15(14)19/h3-4,8-9,13H,2,5-7,10-12H2,1H3,(H,20,24). The number of amides is 2. The molecule has 0 aromatic heterocycles. The van der Waals surface area contributed by atoms with Crippen LogP contribution in [0.25, 0.3) is 0 Å². The quantitative estimate of drug-likeness (QED) is 0.525. The highest BCUT2D eigenvalue weighted by molar-refractivity contribution is 14.1. The fourth-order valence-corrected chi connectivity index (χ4v) is 3.55. The minimum atomic E-state index is -0.613. The molecule has 1 atom stereocenters. The van der Waals surface area contributed by atoms with E-state index in [4.69, 9.17) is 4.74 Å². The highest BCUT2D eigenvalue weighted by Gasteiger charge is 2.25. The Hall–Kier alpha value is -1.64. The van der Waals surface area contributed by atoms with Gasteiger partial charge in [-0.1, -0.05) is 19.1 Å². The number of nitrogens with one attached hydrogen (secondary N) is 1. The van der Waals surface area contributed by atoms with Crippen molar-refractivity contribution in [1.29, 1.82) is 0 Å². The second-order valence-corrected chi connectivity index (χ2v) is 7.13. The highest BCUT2D eigenvalue weighted by Crippen LogP contribution is 2.19. The molecule has 2 amide bonds. The summed E-state index contributed by atoms with van der Waals surface area (Å²) in [5.41, 5.74) is 0.506. The molecule has 6 nitrogen and oxygen atoms in total. The Labute approximate surface area is 161 Å². The predicted octanol–water partition coefficient (Wildman–Crippen LogP) is 2.36. The maximum absolute atomic E-state index is 12.2. The number of likely N-dealkylation sites (tertiary alicyclic amines) is 1. The highest BCUT2D eigenvalue weighted by atomic mass is 127. The van der Waals surface area contributed by atoms with Gasteiger partial charge in [0.25, 0.3) is 11.8 Å². The van der Waals surface area contributed by atoms with Gasteiger partial charge in [0.05, 0.1) is 5.56 Å². The lowest BCUT2D eigenvalue weighted by molar-refractivity contribution is -0.152. The zero-order chi connectivity index (χ0) is 18.2. The second kappa shape index (κ2) is 9.74. The van der Waals surface area contributed by atoms with Crippen molar-refractivity contribution in [2.45, 2.75) is 38.6 Å². The number of esters is 1. The van der Waals surface area contributed by atoms with Crippen LogP contribution in [0.3, 0.4) is 0 Å². The van der Waals surface area contributed by atoms with Gasteiger partial charge in [-0.15, -0.1) is 0 Å². The van der Waals surface area contributed by atoms with Gasteiger partial charge in [-0.3, -0.25) is 14.4 Å². The molecule has 136 valence electrons. The molecule has 1 unspecified atom stereocenters. The Bertz CT molecular complexity index is 635. The van der Waals surface area contributed by atoms with E-state index in [1.165, 1.54) is 0 Å². The van der Waals surface area contributed by atoms with Gasteiger partial charge in [0, 0.05) is 16.2 Å². The molecule has 1 heterocycles. The average molecular weight is 458 g/mol. The number of rotatable bonds is 6. The molecule has 25 heavy (non-hydrogen) atoms. The van der Waals surface area contributed by atoms with E-state index in [0.29, 0.717) is 5.56 Å². The molecule has 1 aromatic rings. The summed E-state index contributed by atoms with van der Waals surface area (Å²) in [4.78, 5) is 37.9. The SMILES string of the molecule is CCC1CCCCN1C(=O)COC(=O)CNC(=O)c1ccccc1I. The van der Waals surface area contributed by atoms with Crippen molar-refractivity contribution >= 4 is 40.4 Å². The number of benzene rings is 1. The van der Waals surface area contributed by atoms with Gasteiger partial charge in [-0.2, -0.15) is 0 Å². The topological polar surface area (TPSA) is 75.7 Å². The van der Waals surface area contributed by atoms with Crippen molar-refractivity contribution in [3.63, 3.8) is 0 Å². The van der Waals surface area contributed by atoms with E-state index < -0.39 is 5.97 Å². The van der Waals surface area contributed by atoms with Crippen molar-refractivity contribution < 1.29 is 19.1 Å². The number of carbonyl (C=O) groups excluding carboxylic acids is 3. The zero-order valence-electron chi connectivity index (χ0n) is 14.3. The summed E-state index contributed by atoms with van der Waals surface area (Å²) in [6.07, 6.45) is 4.03. The summed E-state index contributed by atoms with van der Waals surface area (Å²) in [6, 6.07) is 7.34. The molecule has 1 N–H and O–H groups in total. The van der Waals surface area contributed by atoms with E-state index in [1.807, 2.05) is 17.0 Å². The molecule has 0 spiro atoms. The van der Waals surface area contributed by atoms with Crippen LogP contribution in [0.5, 0.6) is 0 Å². The number of hydrogen-bond donors (Lipinski definition) is 1. The minimum Gasteiger partial charge on any atom is -0.454 e. The van der Waals surface area contributed by atoms with Crippen LogP contribution in [-0.2, 0) is 14.3 Å². The smallest absolute Gasteiger partial charge is 0.325 e. The van der Waals surface area contributed by atoms with Gasteiger partial charge in [-0.05, 0) is 60.4 Å². The van der Waals surface area contributed by atoms with Crippen molar-refractivity contribution in [1.82, 2.24) is 10.2 Å². The average Bonchev–Trinajstić information content (AvgIpc) is 2.64. The summed E-state index contributed by atoms with van der Waals surface area (Å²) in [6.45, 7) is 2.25. The van der Waals surface area contributed by atoms with Crippen LogP contribution in [-0.4, -0.2) is 48.4 Å². The molecule has 2 rings (SSSR count). The lowest BCUT2D eigenvalue weighted by Gasteiger charge is -2.35. The Morgan fingerprint density at radius 1 is 1.28 bits per heavy atom. The first kappa shape index (κ1) is 19.7. The van der Waals surface area contributed by atoms with Gasteiger partial charge < -0.3 is 15.0 Å². The summed E-state index contributed by atoms with van der Waals surface area (Å²) >= 11 is 2.06. The molecule has 1 aliphatic heterocycles. The molecule has 0 saturated carbocycles. The van der Waals surface area contributed by atoms with Crippen molar-refractivity contribution in [3.8, 4) is 0 Å².